The van der Waals surface area contributed by atoms with Crippen LogP contribution < -0.4 is 0 Å². The van der Waals surface area contributed by atoms with E-state index in [-0.39, 0.29) is 11.9 Å². The van der Waals surface area contributed by atoms with Crippen molar-refractivity contribution >= 4 is 28.4 Å². The molecule has 0 spiro atoms. The monoisotopic (exact) mass is 480 g/mol. The van der Waals surface area contributed by atoms with E-state index < -0.39 is 0 Å². The average molecular weight is 481 g/mol. The molecule has 180 valence electrons. The van der Waals surface area contributed by atoms with Crippen molar-refractivity contribution in [1.82, 2.24) is 19.4 Å². The van der Waals surface area contributed by atoms with Crippen molar-refractivity contribution < 1.29 is 14.3 Å². The second kappa shape index (κ2) is 10.6. The zero-order valence-electron chi connectivity index (χ0n) is 20.0. The molecule has 0 radical (unpaired) electrons. The van der Waals surface area contributed by atoms with E-state index in [4.69, 9.17) is 19.4 Å². The van der Waals surface area contributed by atoms with Gasteiger partial charge in [-0.2, -0.15) is 0 Å². The minimum Gasteiger partial charge on any atom is -0.379 e. The standard InChI is InChI=1S/C26H32N4O3S/c1-18-14-22(19(2)30(18)15-20-6-5-11-33-20)24(31)17-34-26-21-7-3-4-8-23(21)27-25(28-26)16-29-9-12-32-13-10-29/h3-4,7-8,14,20H,5-6,9-13,15-17H2,1-2H3/t20-/m1/s1. The van der Waals surface area contributed by atoms with Crippen molar-refractivity contribution in [3.05, 3.63) is 53.1 Å². The fraction of sp³-hybridized carbons (Fsp3) is 0.500. The first kappa shape index (κ1) is 23.5. The summed E-state index contributed by atoms with van der Waals surface area (Å²) in [4.78, 5) is 25.2. The van der Waals surface area contributed by atoms with Crippen LogP contribution in [0.5, 0.6) is 0 Å². The number of aryl methyl sites for hydroxylation is 1. The summed E-state index contributed by atoms with van der Waals surface area (Å²) in [5.74, 6) is 1.28. The molecule has 0 unspecified atom stereocenters. The lowest BCUT2D eigenvalue weighted by Crippen LogP contribution is -2.36. The topological polar surface area (TPSA) is 69.5 Å². The van der Waals surface area contributed by atoms with Crippen LogP contribution in [0.3, 0.4) is 0 Å². The van der Waals surface area contributed by atoms with Gasteiger partial charge in [0, 0.05) is 48.6 Å². The van der Waals surface area contributed by atoms with Gasteiger partial charge in [0.15, 0.2) is 5.78 Å². The van der Waals surface area contributed by atoms with E-state index in [0.717, 1.165) is 91.0 Å². The molecule has 3 aromatic rings. The van der Waals surface area contributed by atoms with E-state index in [2.05, 4.69) is 16.4 Å². The van der Waals surface area contributed by atoms with Crippen LogP contribution >= 0.6 is 11.8 Å². The Kier molecular flexibility index (Phi) is 7.29. The zero-order valence-corrected chi connectivity index (χ0v) is 20.8. The molecule has 34 heavy (non-hydrogen) atoms. The van der Waals surface area contributed by atoms with Crippen molar-refractivity contribution in [2.45, 2.75) is 50.9 Å². The molecular formula is C26H32N4O3S. The number of aromatic nitrogens is 3. The SMILES string of the molecule is Cc1cc(C(=O)CSc2nc(CN3CCOCC3)nc3ccccc23)c(C)n1C[C@H]1CCCO1. The van der Waals surface area contributed by atoms with Gasteiger partial charge in [-0.1, -0.05) is 30.0 Å². The Balaban J connectivity index is 1.32. The van der Waals surface area contributed by atoms with Gasteiger partial charge >= 0.3 is 0 Å². The number of hydrogen-bond donors (Lipinski definition) is 0. The molecule has 0 aliphatic carbocycles. The van der Waals surface area contributed by atoms with E-state index in [9.17, 15) is 4.79 Å². The molecule has 2 aliphatic rings. The number of Topliss-reactive ketones (excluding diaryl/α,β-unsaturated/α-hetero) is 1. The number of carbonyl (C=O) groups is 1. The van der Waals surface area contributed by atoms with Gasteiger partial charge in [-0.05, 0) is 38.8 Å². The first-order valence-electron chi connectivity index (χ1n) is 12.1. The van der Waals surface area contributed by atoms with Crippen LogP contribution in [0.1, 0.15) is 40.4 Å². The van der Waals surface area contributed by atoms with Gasteiger partial charge in [-0.25, -0.2) is 9.97 Å². The highest BCUT2D eigenvalue weighted by Gasteiger charge is 2.22. The predicted octanol–water partition coefficient (Wildman–Crippen LogP) is 4.03. The number of carbonyl (C=O) groups excluding carboxylic acids is 1. The first-order chi connectivity index (χ1) is 16.6. The number of ketones is 1. The maximum Gasteiger partial charge on any atom is 0.174 e. The minimum absolute atomic E-state index is 0.133. The fourth-order valence-corrected chi connectivity index (χ4v) is 5.72. The van der Waals surface area contributed by atoms with Crippen LogP contribution in [0.25, 0.3) is 10.9 Å². The molecule has 2 saturated heterocycles. The highest BCUT2D eigenvalue weighted by atomic mass is 32.2. The Morgan fingerprint density at radius 3 is 2.76 bits per heavy atom. The highest BCUT2D eigenvalue weighted by molar-refractivity contribution is 8.00. The van der Waals surface area contributed by atoms with E-state index in [1.54, 1.807) is 0 Å². The number of fused-ring (bicyclic) bond motifs is 1. The van der Waals surface area contributed by atoms with Gasteiger partial charge in [-0.3, -0.25) is 9.69 Å². The largest absolute Gasteiger partial charge is 0.379 e. The summed E-state index contributed by atoms with van der Waals surface area (Å²) in [7, 11) is 0. The first-order valence-corrected chi connectivity index (χ1v) is 13.1. The molecule has 1 atom stereocenters. The Labute approximate surface area is 204 Å². The smallest absolute Gasteiger partial charge is 0.174 e. The Bertz CT molecular complexity index is 1170. The molecule has 2 aliphatic heterocycles. The van der Waals surface area contributed by atoms with Gasteiger partial charge in [0.25, 0.3) is 0 Å². The third-order valence-electron chi connectivity index (χ3n) is 6.71. The zero-order chi connectivity index (χ0) is 23.5. The summed E-state index contributed by atoms with van der Waals surface area (Å²) in [6.07, 6.45) is 2.45. The van der Waals surface area contributed by atoms with Crippen LogP contribution in [-0.4, -0.2) is 70.0 Å². The molecule has 8 heteroatoms. The fourth-order valence-electron chi connectivity index (χ4n) is 4.80. The molecule has 7 nitrogen and oxygen atoms in total. The van der Waals surface area contributed by atoms with Crippen LogP contribution in [-0.2, 0) is 22.6 Å². The normalized spacial score (nSPS) is 19.2. The average Bonchev–Trinajstić information content (AvgIpc) is 3.47. The molecule has 0 N–H and O–H groups in total. The number of ether oxygens (including phenoxy) is 2. The quantitative estimate of drug-likeness (QED) is 0.274. The number of thioether (sulfide) groups is 1. The maximum atomic E-state index is 13.2. The van der Waals surface area contributed by atoms with Crippen LogP contribution in [0, 0.1) is 13.8 Å². The number of hydrogen-bond acceptors (Lipinski definition) is 7. The van der Waals surface area contributed by atoms with Crippen molar-refractivity contribution in [2.24, 2.45) is 0 Å². The van der Waals surface area contributed by atoms with Gasteiger partial charge < -0.3 is 14.0 Å². The van der Waals surface area contributed by atoms with E-state index >= 15 is 0 Å². The number of rotatable bonds is 8. The molecule has 0 saturated carbocycles. The lowest BCUT2D eigenvalue weighted by Gasteiger charge is -2.25. The van der Waals surface area contributed by atoms with Crippen molar-refractivity contribution in [3.63, 3.8) is 0 Å². The maximum absolute atomic E-state index is 13.2. The highest BCUT2D eigenvalue weighted by Crippen LogP contribution is 2.28. The number of morpholine rings is 1. The molecule has 0 amide bonds. The van der Waals surface area contributed by atoms with Crippen LogP contribution in [0.15, 0.2) is 35.4 Å². The van der Waals surface area contributed by atoms with Gasteiger partial charge in [0.2, 0.25) is 0 Å². The number of nitrogens with zero attached hydrogens (tertiary/aromatic N) is 4. The van der Waals surface area contributed by atoms with Gasteiger partial charge in [0.05, 0.1) is 37.1 Å². The summed E-state index contributed by atoms with van der Waals surface area (Å²) in [6.45, 7) is 9.73. The molecule has 2 fully saturated rings. The van der Waals surface area contributed by atoms with Crippen molar-refractivity contribution in [3.8, 4) is 0 Å². The summed E-state index contributed by atoms with van der Waals surface area (Å²) in [5.41, 5.74) is 3.86. The minimum atomic E-state index is 0.133. The molecule has 4 heterocycles. The predicted molar refractivity (Wildman–Crippen MR) is 134 cm³/mol. The van der Waals surface area contributed by atoms with Gasteiger partial charge in [0.1, 0.15) is 10.9 Å². The second-order valence-corrected chi connectivity index (χ2v) is 10.1. The number of para-hydroxylation sites is 1. The Hall–Kier alpha value is -2.26. The lowest BCUT2D eigenvalue weighted by atomic mass is 10.2. The molecule has 1 aromatic carbocycles. The molecular weight excluding hydrogens is 448 g/mol. The van der Waals surface area contributed by atoms with Crippen LogP contribution in [0.2, 0.25) is 0 Å². The van der Waals surface area contributed by atoms with Crippen molar-refractivity contribution in [2.75, 3.05) is 38.7 Å². The third kappa shape index (κ3) is 5.20. The van der Waals surface area contributed by atoms with Crippen molar-refractivity contribution in [1.29, 1.82) is 0 Å². The lowest BCUT2D eigenvalue weighted by molar-refractivity contribution is 0.0330. The Morgan fingerprint density at radius 1 is 1.15 bits per heavy atom. The third-order valence-corrected chi connectivity index (χ3v) is 7.70. The Morgan fingerprint density at radius 2 is 1.97 bits per heavy atom. The van der Waals surface area contributed by atoms with E-state index in [1.165, 1.54) is 11.8 Å². The molecule has 0 bridgehead atoms. The summed E-state index contributed by atoms with van der Waals surface area (Å²) >= 11 is 1.51. The summed E-state index contributed by atoms with van der Waals surface area (Å²) in [5, 5.41) is 1.87. The molecule has 5 rings (SSSR count). The molecule has 2 aromatic heterocycles. The number of benzene rings is 1. The summed E-state index contributed by atoms with van der Waals surface area (Å²) in [6, 6.07) is 10.1. The van der Waals surface area contributed by atoms with E-state index in [1.807, 2.05) is 37.3 Å². The van der Waals surface area contributed by atoms with Gasteiger partial charge in [-0.15, -0.1) is 0 Å². The summed E-state index contributed by atoms with van der Waals surface area (Å²) < 4.78 is 13.5. The van der Waals surface area contributed by atoms with E-state index in [0.29, 0.717) is 12.3 Å². The van der Waals surface area contributed by atoms with Crippen LogP contribution in [0.4, 0.5) is 0 Å². The second-order valence-electron chi connectivity index (χ2n) is 9.09.